The number of para-hydroxylation sites is 1. The molecule has 9 heteroatoms. The highest BCUT2D eigenvalue weighted by molar-refractivity contribution is 7.80. The van der Waals surface area contributed by atoms with Crippen molar-refractivity contribution in [2.45, 2.75) is 73.6 Å². The van der Waals surface area contributed by atoms with Crippen LogP contribution in [0.5, 0.6) is 0 Å². The van der Waals surface area contributed by atoms with Gasteiger partial charge in [-0.2, -0.15) is 25.8 Å². The molecule has 1 aromatic carbocycles. The fourth-order valence-electron chi connectivity index (χ4n) is 3.72. The molecule has 3 rings (SSSR count). The van der Waals surface area contributed by atoms with Crippen molar-refractivity contribution in [2.24, 2.45) is 11.8 Å². The van der Waals surface area contributed by atoms with Crippen molar-refractivity contribution in [3.8, 4) is 11.4 Å². The van der Waals surface area contributed by atoms with Gasteiger partial charge in [-0.3, -0.25) is 0 Å². The molecular weight excluding hydrogens is 519 g/mol. The van der Waals surface area contributed by atoms with Gasteiger partial charge < -0.3 is 14.4 Å². The number of rotatable bonds is 10. The second kappa shape index (κ2) is 14.6. The second-order valence-electron chi connectivity index (χ2n) is 10.5. The zero-order chi connectivity index (χ0) is 29.3. The van der Waals surface area contributed by atoms with Crippen LogP contribution < -0.4 is 4.90 Å². The maximum absolute atomic E-state index is 13.7. The highest BCUT2D eigenvalue weighted by atomic mass is 32.1. The number of pyridine rings is 1. The van der Waals surface area contributed by atoms with Crippen LogP contribution in [0.2, 0.25) is 0 Å². The molecule has 1 unspecified atom stereocenters. The van der Waals surface area contributed by atoms with Gasteiger partial charge in [0, 0.05) is 37.9 Å². The third-order valence-electron chi connectivity index (χ3n) is 6.62. The Kier molecular flexibility index (Phi) is 12.2. The summed E-state index contributed by atoms with van der Waals surface area (Å²) in [6.07, 6.45) is 2.54. The van der Waals surface area contributed by atoms with Crippen molar-refractivity contribution >= 4 is 29.5 Å². The number of halogens is 3. The summed E-state index contributed by atoms with van der Waals surface area (Å²) in [5.74, 6) is 2.69. The number of hydrogen-bond acceptors (Lipinski definition) is 5. The van der Waals surface area contributed by atoms with Crippen LogP contribution in [0.1, 0.15) is 60.5 Å². The average Bonchev–Trinajstić information content (AvgIpc) is 3.25. The number of hydrogen-bond donors (Lipinski definition) is 1. The number of aromatic nitrogens is 3. The molecule has 2 heterocycles. The van der Waals surface area contributed by atoms with Crippen LogP contribution in [0.25, 0.3) is 22.4 Å². The molecule has 2 aromatic heterocycles. The Hall–Kier alpha value is -2.68. The molecule has 0 N–H and O–H groups in total. The molecule has 39 heavy (non-hydrogen) atoms. The fraction of sp³-hybridized carbons (Fsp3) is 0.533. The lowest BCUT2D eigenvalue weighted by Crippen LogP contribution is -2.30. The molecule has 3 aromatic rings. The lowest BCUT2D eigenvalue weighted by atomic mass is 10.1. The van der Waals surface area contributed by atoms with Gasteiger partial charge >= 0.3 is 6.18 Å². The monoisotopic (exact) mass is 563 g/mol. The van der Waals surface area contributed by atoms with E-state index in [1.165, 1.54) is 12.5 Å². The van der Waals surface area contributed by atoms with Crippen LogP contribution in [-0.4, -0.2) is 44.9 Å². The number of nitrogens with zero attached hydrogens (tertiary/aromatic N) is 5. The molecule has 0 aliphatic carbocycles. The zero-order valence-electron chi connectivity index (χ0n) is 24.5. The third-order valence-corrected chi connectivity index (χ3v) is 6.92. The van der Waals surface area contributed by atoms with Gasteiger partial charge in [-0.15, -0.1) is 0 Å². The Bertz CT molecular complexity index is 1190. The Balaban J connectivity index is 0.000000976. The quantitative estimate of drug-likeness (QED) is 0.199. The van der Waals surface area contributed by atoms with E-state index in [1.54, 1.807) is 12.3 Å². The minimum atomic E-state index is -4.49. The van der Waals surface area contributed by atoms with Gasteiger partial charge in [-0.05, 0) is 63.1 Å². The van der Waals surface area contributed by atoms with Gasteiger partial charge in [0.25, 0.3) is 0 Å². The standard InChI is InChI=1S/C25H32F3N5S.C5H12/c1-6-31(5)13-12-18(4)15-32-21-9-7-8-20(25(26,27)28)23(21)30-24(32)19-10-11-22(29-14-19)33(16-34)17(2)3;1-4-5(2)3/h7-14,17-18,34H,6,15-16H2,1-5H3;5H,4H2,1-3H3/b13-12-;. The summed E-state index contributed by atoms with van der Waals surface area (Å²) < 4.78 is 43.1. The highest BCUT2D eigenvalue weighted by Gasteiger charge is 2.34. The molecule has 0 saturated heterocycles. The van der Waals surface area contributed by atoms with E-state index in [-0.39, 0.29) is 17.5 Å². The van der Waals surface area contributed by atoms with E-state index in [0.29, 0.717) is 29.3 Å². The molecule has 0 fully saturated rings. The molecular formula is C30H44F3N5S. The number of fused-ring (bicyclic) bond motifs is 1. The van der Waals surface area contributed by atoms with Gasteiger partial charge in [0.2, 0.25) is 0 Å². The molecule has 0 amide bonds. The molecule has 0 aliphatic rings. The fourth-order valence-corrected chi connectivity index (χ4v) is 4.19. The molecule has 0 saturated carbocycles. The molecule has 0 aliphatic heterocycles. The summed E-state index contributed by atoms with van der Waals surface area (Å²) >= 11 is 4.38. The minimum Gasteiger partial charge on any atom is -0.381 e. The number of anilines is 1. The molecule has 216 valence electrons. The smallest absolute Gasteiger partial charge is 0.381 e. The first-order valence-electron chi connectivity index (χ1n) is 13.6. The predicted molar refractivity (Wildman–Crippen MR) is 161 cm³/mol. The van der Waals surface area contributed by atoms with Gasteiger partial charge in [0.15, 0.2) is 0 Å². The first-order valence-corrected chi connectivity index (χ1v) is 14.3. The van der Waals surface area contributed by atoms with Crippen molar-refractivity contribution in [1.82, 2.24) is 19.4 Å². The normalized spacial score (nSPS) is 12.8. The van der Waals surface area contributed by atoms with Gasteiger partial charge in [0.1, 0.15) is 17.2 Å². The van der Waals surface area contributed by atoms with Crippen molar-refractivity contribution in [3.63, 3.8) is 0 Å². The average molecular weight is 564 g/mol. The Labute approximate surface area is 237 Å². The topological polar surface area (TPSA) is 37.2 Å². The second-order valence-corrected chi connectivity index (χ2v) is 10.8. The molecule has 5 nitrogen and oxygen atoms in total. The predicted octanol–water partition coefficient (Wildman–Crippen LogP) is 8.37. The molecule has 0 spiro atoms. The summed E-state index contributed by atoms with van der Waals surface area (Å²) in [6, 6.07) is 8.14. The maximum Gasteiger partial charge on any atom is 0.418 e. The number of benzene rings is 1. The van der Waals surface area contributed by atoms with E-state index in [4.69, 9.17) is 0 Å². The van der Waals surface area contributed by atoms with E-state index >= 15 is 0 Å². The summed E-state index contributed by atoms with van der Waals surface area (Å²) in [6.45, 7) is 16.2. The van der Waals surface area contributed by atoms with Gasteiger partial charge in [-0.1, -0.05) is 46.3 Å². The van der Waals surface area contributed by atoms with Crippen molar-refractivity contribution in [2.75, 3.05) is 24.4 Å². The number of imidazole rings is 1. The third kappa shape index (κ3) is 8.92. The Morgan fingerprint density at radius 1 is 1.05 bits per heavy atom. The van der Waals surface area contributed by atoms with Crippen LogP contribution >= 0.6 is 12.6 Å². The van der Waals surface area contributed by atoms with Crippen LogP contribution in [0.3, 0.4) is 0 Å². The first-order chi connectivity index (χ1) is 18.3. The maximum atomic E-state index is 13.7. The number of allylic oxidation sites excluding steroid dienone is 1. The van der Waals surface area contributed by atoms with Crippen molar-refractivity contribution in [3.05, 3.63) is 54.4 Å². The first kappa shape index (κ1) is 32.5. The largest absolute Gasteiger partial charge is 0.418 e. The summed E-state index contributed by atoms with van der Waals surface area (Å²) in [7, 11) is 1.98. The molecule has 0 radical (unpaired) electrons. The van der Waals surface area contributed by atoms with Crippen molar-refractivity contribution in [1.29, 1.82) is 0 Å². The van der Waals surface area contributed by atoms with Crippen LogP contribution in [0, 0.1) is 11.8 Å². The van der Waals surface area contributed by atoms with Crippen LogP contribution in [-0.2, 0) is 12.7 Å². The van der Waals surface area contributed by atoms with Crippen molar-refractivity contribution < 1.29 is 13.2 Å². The summed E-state index contributed by atoms with van der Waals surface area (Å²) in [5.41, 5.74) is 0.342. The highest BCUT2D eigenvalue weighted by Crippen LogP contribution is 2.36. The number of thiol groups is 1. The Morgan fingerprint density at radius 3 is 2.21 bits per heavy atom. The minimum absolute atomic E-state index is 0.0462. The molecule has 0 bridgehead atoms. The summed E-state index contributed by atoms with van der Waals surface area (Å²) in [5, 5.41) is 0. The SMILES string of the molecule is CCC(C)C.CCN(C)/C=C\C(C)Cn1c(-c2ccc(N(CS)C(C)C)nc2)nc2c(C(F)(F)F)cccc21. The van der Waals surface area contributed by atoms with Crippen LogP contribution in [0.15, 0.2) is 48.8 Å². The summed E-state index contributed by atoms with van der Waals surface area (Å²) in [4.78, 5) is 13.1. The molecule has 1 atom stereocenters. The lowest BCUT2D eigenvalue weighted by Gasteiger charge is -2.25. The zero-order valence-corrected chi connectivity index (χ0v) is 25.4. The van der Waals surface area contributed by atoms with E-state index in [9.17, 15) is 13.2 Å². The van der Waals surface area contributed by atoms with E-state index < -0.39 is 11.7 Å². The van der Waals surface area contributed by atoms with E-state index in [2.05, 4.69) is 75.1 Å². The van der Waals surface area contributed by atoms with Gasteiger partial charge in [0.05, 0.1) is 17.0 Å². The lowest BCUT2D eigenvalue weighted by molar-refractivity contribution is -0.136. The van der Waals surface area contributed by atoms with E-state index in [1.807, 2.05) is 41.8 Å². The van der Waals surface area contributed by atoms with Crippen LogP contribution in [0.4, 0.5) is 19.0 Å². The van der Waals surface area contributed by atoms with E-state index in [0.717, 1.165) is 24.3 Å². The Morgan fingerprint density at radius 2 is 1.72 bits per heavy atom. The number of alkyl halides is 3. The van der Waals surface area contributed by atoms with Gasteiger partial charge in [-0.25, -0.2) is 9.97 Å².